The van der Waals surface area contributed by atoms with Gasteiger partial charge in [0, 0.05) is 13.3 Å². The SMILES string of the molecule is CC(=O)c1sccc1OCC1=NOCC1. The van der Waals surface area contributed by atoms with E-state index in [1.54, 1.807) is 6.07 Å². The molecule has 0 fully saturated rings. The van der Waals surface area contributed by atoms with Crippen LogP contribution in [0.15, 0.2) is 16.6 Å². The third-order valence-corrected chi connectivity index (χ3v) is 3.02. The van der Waals surface area contributed by atoms with Gasteiger partial charge in [-0.2, -0.15) is 0 Å². The number of oxime groups is 1. The van der Waals surface area contributed by atoms with Gasteiger partial charge in [-0.15, -0.1) is 11.3 Å². The summed E-state index contributed by atoms with van der Waals surface area (Å²) in [5.74, 6) is 0.673. The first kappa shape index (κ1) is 10.2. The van der Waals surface area contributed by atoms with Crippen molar-refractivity contribution < 1.29 is 14.4 Å². The second-order valence-corrected chi connectivity index (χ2v) is 4.12. The third kappa shape index (κ3) is 2.36. The van der Waals surface area contributed by atoms with E-state index >= 15 is 0 Å². The average Bonchev–Trinajstić information content (AvgIpc) is 2.86. The first-order chi connectivity index (χ1) is 7.27. The van der Waals surface area contributed by atoms with Crippen molar-refractivity contribution in [3.8, 4) is 5.75 Å². The maximum Gasteiger partial charge on any atom is 0.173 e. The third-order valence-electron chi connectivity index (χ3n) is 2.02. The summed E-state index contributed by atoms with van der Waals surface area (Å²) in [6, 6.07) is 1.80. The number of carbonyl (C=O) groups is 1. The molecular weight excluding hydrogens is 214 g/mol. The quantitative estimate of drug-likeness (QED) is 0.737. The standard InChI is InChI=1S/C10H11NO3S/c1-7(12)10-9(3-5-15-10)13-6-8-2-4-14-11-8/h3,5H,2,4,6H2,1H3. The van der Waals surface area contributed by atoms with E-state index in [1.807, 2.05) is 5.38 Å². The van der Waals surface area contributed by atoms with Gasteiger partial charge in [-0.3, -0.25) is 4.79 Å². The molecule has 2 rings (SSSR count). The lowest BCUT2D eigenvalue weighted by molar-refractivity contribution is 0.101. The average molecular weight is 225 g/mol. The number of hydrogen-bond acceptors (Lipinski definition) is 5. The molecular formula is C10H11NO3S. The van der Waals surface area contributed by atoms with Crippen molar-refractivity contribution in [2.45, 2.75) is 13.3 Å². The number of carbonyl (C=O) groups excluding carboxylic acids is 1. The Bertz CT molecular complexity index is 397. The molecule has 0 N–H and O–H groups in total. The summed E-state index contributed by atoms with van der Waals surface area (Å²) in [6.07, 6.45) is 0.805. The Labute approximate surface area is 91.5 Å². The van der Waals surface area contributed by atoms with Crippen molar-refractivity contribution in [3.05, 3.63) is 16.3 Å². The van der Waals surface area contributed by atoms with Crippen molar-refractivity contribution in [2.75, 3.05) is 13.2 Å². The van der Waals surface area contributed by atoms with E-state index in [9.17, 15) is 4.79 Å². The lowest BCUT2D eigenvalue weighted by Gasteiger charge is -2.03. The predicted octanol–water partition coefficient (Wildman–Crippen LogP) is 2.11. The van der Waals surface area contributed by atoms with Gasteiger partial charge in [-0.25, -0.2) is 0 Å². The molecule has 0 spiro atoms. The van der Waals surface area contributed by atoms with Crippen molar-refractivity contribution >= 4 is 22.8 Å². The molecule has 1 aliphatic rings. The maximum absolute atomic E-state index is 11.2. The Morgan fingerprint density at radius 2 is 2.60 bits per heavy atom. The molecule has 1 aromatic heterocycles. The van der Waals surface area contributed by atoms with Gasteiger partial charge in [-0.1, -0.05) is 5.16 Å². The number of thiophene rings is 1. The van der Waals surface area contributed by atoms with Crippen LogP contribution in [0, 0.1) is 0 Å². The number of Topliss-reactive ketones (excluding diaryl/α,β-unsaturated/α-hetero) is 1. The van der Waals surface area contributed by atoms with Crippen LogP contribution in [-0.2, 0) is 4.84 Å². The summed E-state index contributed by atoms with van der Waals surface area (Å²) in [7, 11) is 0. The first-order valence-corrected chi connectivity index (χ1v) is 5.54. The van der Waals surface area contributed by atoms with Crippen molar-refractivity contribution in [3.63, 3.8) is 0 Å². The van der Waals surface area contributed by atoms with Crippen molar-refractivity contribution in [1.82, 2.24) is 0 Å². The van der Waals surface area contributed by atoms with Gasteiger partial charge < -0.3 is 9.57 Å². The molecule has 0 saturated carbocycles. The highest BCUT2D eigenvalue weighted by Gasteiger charge is 2.13. The molecule has 0 unspecified atom stereocenters. The maximum atomic E-state index is 11.2. The zero-order valence-electron chi connectivity index (χ0n) is 8.36. The van der Waals surface area contributed by atoms with Gasteiger partial charge in [0.2, 0.25) is 0 Å². The molecule has 0 amide bonds. The van der Waals surface area contributed by atoms with Gasteiger partial charge in [0.25, 0.3) is 0 Å². The summed E-state index contributed by atoms with van der Waals surface area (Å²) < 4.78 is 5.50. The summed E-state index contributed by atoms with van der Waals surface area (Å²) >= 11 is 1.39. The Kier molecular flexibility index (Phi) is 3.01. The van der Waals surface area contributed by atoms with E-state index in [0.717, 1.165) is 12.1 Å². The monoisotopic (exact) mass is 225 g/mol. The smallest absolute Gasteiger partial charge is 0.173 e. The van der Waals surface area contributed by atoms with Crippen LogP contribution < -0.4 is 4.74 Å². The van der Waals surface area contributed by atoms with Gasteiger partial charge >= 0.3 is 0 Å². The number of ether oxygens (including phenoxy) is 1. The highest BCUT2D eigenvalue weighted by Crippen LogP contribution is 2.25. The summed E-state index contributed by atoms with van der Waals surface area (Å²) in [6.45, 7) is 2.56. The minimum Gasteiger partial charge on any atom is -0.486 e. The Morgan fingerprint density at radius 1 is 1.73 bits per heavy atom. The van der Waals surface area contributed by atoms with E-state index in [0.29, 0.717) is 23.8 Å². The normalized spacial score (nSPS) is 14.6. The molecule has 2 heterocycles. The molecule has 80 valence electrons. The second kappa shape index (κ2) is 4.44. The largest absolute Gasteiger partial charge is 0.486 e. The molecule has 4 nitrogen and oxygen atoms in total. The molecule has 1 aliphatic heterocycles. The topological polar surface area (TPSA) is 47.9 Å². The molecule has 0 atom stereocenters. The Hall–Kier alpha value is -1.36. The van der Waals surface area contributed by atoms with Crippen molar-refractivity contribution in [1.29, 1.82) is 0 Å². The zero-order valence-corrected chi connectivity index (χ0v) is 9.17. The van der Waals surface area contributed by atoms with Crippen LogP contribution in [-0.4, -0.2) is 24.7 Å². The molecule has 0 aliphatic carbocycles. The van der Waals surface area contributed by atoms with Crippen LogP contribution >= 0.6 is 11.3 Å². The van der Waals surface area contributed by atoms with Gasteiger partial charge in [0.15, 0.2) is 5.78 Å². The minimum absolute atomic E-state index is 0.0320. The zero-order chi connectivity index (χ0) is 10.7. The van der Waals surface area contributed by atoms with Crippen LogP contribution in [0.2, 0.25) is 0 Å². The molecule has 0 radical (unpaired) electrons. The van der Waals surface area contributed by atoms with Crippen LogP contribution in [0.4, 0.5) is 0 Å². The van der Waals surface area contributed by atoms with Crippen molar-refractivity contribution in [2.24, 2.45) is 5.16 Å². The highest BCUT2D eigenvalue weighted by atomic mass is 32.1. The lowest BCUT2D eigenvalue weighted by Crippen LogP contribution is -2.10. The number of nitrogens with zero attached hydrogens (tertiary/aromatic N) is 1. The fraction of sp³-hybridized carbons (Fsp3) is 0.400. The number of ketones is 1. The fourth-order valence-electron chi connectivity index (χ4n) is 1.27. The van der Waals surface area contributed by atoms with E-state index in [-0.39, 0.29) is 5.78 Å². The minimum atomic E-state index is 0.0320. The summed E-state index contributed by atoms with van der Waals surface area (Å²) in [4.78, 5) is 16.7. The molecule has 0 bridgehead atoms. The first-order valence-electron chi connectivity index (χ1n) is 4.66. The lowest BCUT2D eigenvalue weighted by atomic mass is 10.3. The van der Waals surface area contributed by atoms with Crippen LogP contribution in [0.1, 0.15) is 23.0 Å². The Balaban J connectivity index is 1.98. The number of rotatable bonds is 4. The predicted molar refractivity (Wildman–Crippen MR) is 57.8 cm³/mol. The van der Waals surface area contributed by atoms with Crippen LogP contribution in [0.25, 0.3) is 0 Å². The second-order valence-electron chi connectivity index (χ2n) is 3.20. The fourth-order valence-corrected chi connectivity index (χ4v) is 2.01. The summed E-state index contributed by atoms with van der Waals surface area (Å²) in [5, 5.41) is 5.67. The summed E-state index contributed by atoms with van der Waals surface area (Å²) in [5.41, 5.74) is 0.885. The molecule has 1 aromatic rings. The molecule has 5 heteroatoms. The van der Waals surface area contributed by atoms with Crippen LogP contribution in [0.3, 0.4) is 0 Å². The van der Waals surface area contributed by atoms with Gasteiger partial charge in [0.1, 0.15) is 23.8 Å². The van der Waals surface area contributed by atoms with Crippen LogP contribution in [0.5, 0.6) is 5.75 Å². The number of hydrogen-bond donors (Lipinski definition) is 0. The van der Waals surface area contributed by atoms with E-state index in [4.69, 9.17) is 9.57 Å². The molecule has 15 heavy (non-hydrogen) atoms. The van der Waals surface area contributed by atoms with E-state index < -0.39 is 0 Å². The molecule has 0 saturated heterocycles. The Morgan fingerprint density at radius 3 is 3.27 bits per heavy atom. The highest BCUT2D eigenvalue weighted by molar-refractivity contribution is 7.12. The van der Waals surface area contributed by atoms with Gasteiger partial charge in [0.05, 0.1) is 5.71 Å². The van der Waals surface area contributed by atoms with Gasteiger partial charge in [-0.05, 0) is 11.4 Å². The van der Waals surface area contributed by atoms with E-state index in [2.05, 4.69) is 5.16 Å². The van der Waals surface area contributed by atoms with E-state index in [1.165, 1.54) is 18.3 Å². The molecule has 0 aromatic carbocycles.